The lowest BCUT2D eigenvalue weighted by Gasteiger charge is -2.21. The maximum atomic E-state index is 13.4. The first-order valence-corrected chi connectivity index (χ1v) is 11.8. The predicted octanol–water partition coefficient (Wildman–Crippen LogP) is 6.39. The quantitative estimate of drug-likeness (QED) is 0.347. The smallest absolute Gasteiger partial charge is 0.260 e. The molecule has 0 aliphatic heterocycles. The van der Waals surface area contributed by atoms with Crippen LogP contribution in [0.1, 0.15) is 29.3 Å². The van der Waals surface area contributed by atoms with Crippen molar-refractivity contribution in [3.63, 3.8) is 0 Å². The third kappa shape index (κ3) is 6.11. The number of aryl methyl sites for hydroxylation is 1. The molecular weight excluding hydrogens is 457 g/mol. The maximum absolute atomic E-state index is 13.4. The van der Waals surface area contributed by atoms with Crippen molar-refractivity contribution in [2.24, 2.45) is 0 Å². The summed E-state index contributed by atoms with van der Waals surface area (Å²) in [6, 6.07) is 11.7. The molecule has 0 aliphatic carbocycles. The van der Waals surface area contributed by atoms with Crippen molar-refractivity contribution in [2.75, 3.05) is 37.8 Å². The Bertz CT molecular complexity index is 1010. The second-order valence-corrected chi connectivity index (χ2v) is 9.92. The highest BCUT2D eigenvalue weighted by atomic mass is 35.5. The highest BCUT2D eigenvalue weighted by molar-refractivity contribution is 7.99. The van der Waals surface area contributed by atoms with Gasteiger partial charge in [0.25, 0.3) is 5.91 Å². The van der Waals surface area contributed by atoms with Gasteiger partial charge in [0.1, 0.15) is 0 Å². The number of halogens is 2. The van der Waals surface area contributed by atoms with E-state index in [2.05, 4.69) is 11.8 Å². The first-order chi connectivity index (χ1) is 13.9. The lowest BCUT2D eigenvalue weighted by Crippen LogP contribution is -2.33. The molecule has 1 aromatic heterocycles. The summed E-state index contributed by atoms with van der Waals surface area (Å²) in [5.41, 5.74) is 2.63. The zero-order valence-electron chi connectivity index (χ0n) is 17.6. The summed E-state index contributed by atoms with van der Waals surface area (Å²) >= 11 is 9.49. The van der Waals surface area contributed by atoms with Crippen LogP contribution in [-0.2, 0) is 0 Å². The van der Waals surface area contributed by atoms with E-state index in [9.17, 15) is 4.79 Å². The Morgan fingerprint density at radius 1 is 1.20 bits per heavy atom. The molecule has 3 rings (SSSR count). The van der Waals surface area contributed by atoms with Gasteiger partial charge in [-0.2, -0.15) is 0 Å². The molecule has 0 saturated carbocycles. The molecule has 0 aliphatic rings. The molecule has 0 unspecified atom stereocenters. The van der Waals surface area contributed by atoms with Crippen LogP contribution in [0, 0.1) is 6.92 Å². The van der Waals surface area contributed by atoms with Crippen molar-refractivity contribution in [3.8, 4) is 0 Å². The first kappa shape index (κ1) is 25.0. The van der Waals surface area contributed by atoms with Crippen LogP contribution in [0.3, 0.4) is 0 Å². The number of anilines is 1. The fourth-order valence-electron chi connectivity index (χ4n) is 3.13. The van der Waals surface area contributed by atoms with Crippen LogP contribution < -0.4 is 4.90 Å². The molecule has 8 heteroatoms. The summed E-state index contributed by atoms with van der Waals surface area (Å²) in [4.78, 5) is 23.3. The lowest BCUT2D eigenvalue weighted by atomic mass is 10.2. The number of carbonyl (C=O) groups excluding carboxylic acids is 1. The standard InChI is InChI=1S/C22H26ClN3OS2.ClH/c1-5-28-18-9-6-8-16(13-18)21(27)26(11-7-10-25(3)4)22-24-20-15(2)12-17(23)14-19(20)29-22;/h6,8-9,12-14H,5,7,10-11H2,1-4H3;1H. The van der Waals surface area contributed by atoms with Crippen LogP contribution in [0.5, 0.6) is 0 Å². The molecule has 0 bridgehead atoms. The molecular formula is C22H27Cl2N3OS2. The van der Waals surface area contributed by atoms with E-state index in [0.29, 0.717) is 17.1 Å². The van der Waals surface area contributed by atoms with E-state index in [1.807, 2.05) is 62.3 Å². The largest absolute Gasteiger partial charge is 0.309 e. The van der Waals surface area contributed by atoms with Gasteiger partial charge < -0.3 is 4.90 Å². The highest BCUT2D eigenvalue weighted by Crippen LogP contribution is 2.34. The van der Waals surface area contributed by atoms with Crippen LogP contribution in [0.15, 0.2) is 41.3 Å². The van der Waals surface area contributed by atoms with Gasteiger partial charge in [0, 0.05) is 22.0 Å². The van der Waals surface area contributed by atoms with E-state index in [0.717, 1.165) is 44.5 Å². The number of hydrogen-bond acceptors (Lipinski definition) is 5. The molecule has 0 saturated heterocycles. The number of rotatable bonds is 8. The number of aromatic nitrogens is 1. The summed E-state index contributed by atoms with van der Waals surface area (Å²) in [5, 5.41) is 1.42. The highest BCUT2D eigenvalue weighted by Gasteiger charge is 2.22. The van der Waals surface area contributed by atoms with E-state index in [4.69, 9.17) is 16.6 Å². The summed E-state index contributed by atoms with van der Waals surface area (Å²) in [5.74, 6) is 0.965. The molecule has 4 nitrogen and oxygen atoms in total. The molecule has 0 fully saturated rings. The zero-order valence-corrected chi connectivity index (χ0v) is 20.9. The molecule has 1 amide bonds. The van der Waals surface area contributed by atoms with E-state index >= 15 is 0 Å². The Balaban J connectivity index is 0.00000320. The Morgan fingerprint density at radius 3 is 2.67 bits per heavy atom. The monoisotopic (exact) mass is 483 g/mol. The SMILES string of the molecule is CCSc1cccc(C(=O)N(CCCN(C)C)c2nc3c(C)cc(Cl)cc3s2)c1.Cl. The van der Waals surface area contributed by atoms with Crippen molar-refractivity contribution >= 4 is 68.4 Å². The van der Waals surface area contributed by atoms with Crippen molar-refractivity contribution in [1.82, 2.24) is 9.88 Å². The van der Waals surface area contributed by atoms with Crippen LogP contribution in [0.2, 0.25) is 5.02 Å². The molecule has 1 heterocycles. The van der Waals surface area contributed by atoms with Crippen LogP contribution in [0.25, 0.3) is 10.2 Å². The van der Waals surface area contributed by atoms with Crippen molar-refractivity contribution < 1.29 is 4.79 Å². The van der Waals surface area contributed by atoms with Gasteiger partial charge in [0.2, 0.25) is 0 Å². The molecule has 3 aromatic rings. The fourth-order valence-corrected chi connectivity index (χ4v) is 5.29. The molecule has 162 valence electrons. The van der Waals surface area contributed by atoms with Gasteiger partial charge in [-0.05, 0) is 75.6 Å². The van der Waals surface area contributed by atoms with E-state index in [-0.39, 0.29) is 18.3 Å². The average Bonchev–Trinajstić information content (AvgIpc) is 3.09. The number of hydrogen-bond donors (Lipinski definition) is 0. The van der Waals surface area contributed by atoms with Gasteiger partial charge >= 0.3 is 0 Å². The number of thiazole rings is 1. The average molecular weight is 485 g/mol. The van der Waals surface area contributed by atoms with Crippen LogP contribution >= 0.6 is 47.1 Å². The topological polar surface area (TPSA) is 36.4 Å². The third-order valence-electron chi connectivity index (χ3n) is 4.49. The molecule has 2 aromatic carbocycles. The number of amides is 1. The summed E-state index contributed by atoms with van der Waals surface area (Å²) < 4.78 is 1.01. The molecule has 0 spiro atoms. The third-order valence-corrected chi connectivity index (χ3v) is 6.61. The second-order valence-electron chi connectivity index (χ2n) is 7.14. The van der Waals surface area contributed by atoms with Gasteiger partial charge in [0.05, 0.1) is 10.2 Å². The number of fused-ring (bicyclic) bond motifs is 1. The number of benzene rings is 2. The van der Waals surface area contributed by atoms with Gasteiger partial charge in [-0.25, -0.2) is 4.98 Å². The zero-order chi connectivity index (χ0) is 21.0. The van der Waals surface area contributed by atoms with E-state index in [1.165, 1.54) is 11.3 Å². The van der Waals surface area contributed by atoms with Gasteiger partial charge in [-0.1, -0.05) is 35.9 Å². The summed E-state index contributed by atoms with van der Waals surface area (Å²) in [7, 11) is 4.08. The predicted molar refractivity (Wildman–Crippen MR) is 134 cm³/mol. The molecule has 0 N–H and O–H groups in total. The van der Waals surface area contributed by atoms with Crippen molar-refractivity contribution in [1.29, 1.82) is 0 Å². The normalized spacial score (nSPS) is 11.0. The molecule has 0 atom stereocenters. The summed E-state index contributed by atoms with van der Waals surface area (Å²) in [6.07, 6.45) is 0.873. The van der Waals surface area contributed by atoms with Crippen LogP contribution in [0.4, 0.5) is 5.13 Å². The second kappa shape index (κ2) is 11.3. The molecule has 0 radical (unpaired) electrons. The minimum absolute atomic E-state index is 0. The minimum atomic E-state index is -0.00915. The minimum Gasteiger partial charge on any atom is -0.309 e. The Hall–Kier alpha value is -1.31. The number of nitrogens with zero attached hydrogens (tertiary/aromatic N) is 3. The number of carbonyl (C=O) groups is 1. The molecule has 30 heavy (non-hydrogen) atoms. The maximum Gasteiger partial charge on any atom is 0.260 e. The summed E-state index contributed by atoms with van der Waals surface area (Å²) in [6.45, 7) is 5.64. The Labute approximate surface area is 198 Å². The first-order valence-electron chi connectivity index (χ1n) is 9.65. The fraction of sp³-hybridized carbons (Fsp3) is 0.364. The van der Waals surface area contributed by atoms with Crippen molar-refractivity contribution in [3.05, 3.63) is 52.5 Å². The van der Waals surface area contributed by atoms with Gasteiger partial charge in [-0.3, -0.25) is 9.69 Å². The Kier molecular flexibility index (Phi) is 9.44. The van der Waals surface area contributed by atoms with Crippen LogP contribution in [-0.4, -0.2) is 48.7 Å². The van der Waals surface area contributed by atoms with Crippen molar-refractivity contribution in [2.45, 2.75) is 25.2 Å². The Morgan fingerprint density at radius 2 is 1.97 bits per heavy atom. The van der Waals surface area contributed by atoms with E-state index in [1.54, 1.807) is 11.8 Å². The number of thioether (sulfide) groups is 1. The van der Waals surface area contributed by atoms with Gasteiger partial charge in [-0.15, -0.1) is 24.2 Å². The van der Waals surface area contributed by atoms with Gasteiger partial charge in [0.15, 0.2) is 5.13 Å². The lowest BCUT2D eigenvalue weighted by molar-refractivity contribution is 0.0986. The van der Waals surface area contributed by atoms with E-state index < -0.39 is 0 Å².